The molecule has 19 heavy (non-hydrogen) atoms. The van der Waals surface area contributed by atoms with Gasteiger partial charge >= 0.3 is 0 Å². The number of rotatable bonds is 2. The fourth-order valence-corrected chi connectivity index (χ4v) is 2.41. The predicted molar refractivity (Wildman–Crippen MR) is 69.6 cm³/mol. The van der Waals surface area contributed by atoms with Gasteiger partial charge in [0.2, 0.25) is 11.8 Å². The predicted octanol–water partition coefficient (Wildman–Crippen LogP) is -2.09. The van der Waals surface area contributed by atoms with Crippen LogP contribution in [0.5, 0.6) is 0 Å². The second kappa shape index (κ2) is 6.31. The van der Waals surface area contributed by atoms with Gasteiger partial charge in [0.25, 0.3) is 0 Å². The van der Waals surface area contributed by atoms with E-state index in [2.05, 4.69) is 22.9 Å². The summed E-state index contributed by atoms with van der Waals surface area (Å²) in [5, 5.41) is 9.07. The van der Waals surface area contributed by atoms with Crippen LogP contribution in [0.15, 0.2) is 0 Å². The highest BCUT2D eigenvalue weighted by Gasteiger charge is 2.36. The molecular weight excluding hydrogens is 248 g/mol. The Morgan fingerprint density at radius 3 is 2.74 bits per heavy atom. The molecule has 2 saturated heterocycles. The van der Waals surface area contributed by atoms with Gasteiger partial charge in [-0.25, -0.2) is 0 Å². The molecule has 2 amide bonds. The van der Waals surface area contributed by atoms with Crippen molar-refractivity contribution in [2.24, 2.45) is 0 Å². The number of morpholine rings is 1. The lowest BCUT2D eigenvalue weighted by Gasteiger charge is -2.38. The highest BCUT2D eigenvalue weighted by molar-refractivity contribution is 5.90. The Morgan fingerprint density at radius 2 is 2.11 bits per heavy atom. The number of amides is 2. The molecule has 108 valence electrons. The van der Waals surface area contributed by atoms with Gasteiger partial charge < -0.3 is 25.6 Å². The standard InChI is InChI=1S/C12H22N4O3/c1-8-5-15-9(6-14-8)12(18)16-3-4-19-7-10(16)11(17)13-2/h8-10,14-15H,3-7H2,1-2H3,(H,13,17). The van der Waals surface area contributed by atoms with Gasteiger partial charge in [0.15, 0.2) is 0 Å². The zero-order chi connectivity index (χ0) is 13.8. The molecule has 0 aromatic rings. The second-order valence-electron chi connectivity index (χ2n) is 5.01. The van der Waals surface area contributed by atoms with E-state index in [1.54, 1.807) is 11.9 Å². The molecule has 0 aromatic heterocycles. The average Bonchev–Trinajstić information content (AvgIpc) is 2.46. The van der Waals surface area contributed by atoms with E-state index in [0.717, 1.165) is 6.54 Å². The third-order valence-electron chi connectivity index (χ3n) is 3.60. The zero-order valence-corrected chi connectivity index (χ0v) is 11.4. The highest BCUT2D eigenvalue weighted by atomic mass is 16.5. The van der Waals surface area contributed by atoms with Gasteiger partial charge in [0.05, 0.1) is 19.3 Å². The highest BCUT2D eigenvalue weighted by Crippen LogP contribution is 2.10. The van der Waals surface area contributed by atoms with Crippen molar-refractivity contribution in [3.63, 3.8) is 0 Å². The fourth-order valence-electron chi connectivity index (χ4n) is 2.41. The normalized spacial score (nSPS) is 31.9. The van der Waals surface area contributed by atoms with Crippen LogP contribution in [0.1, 0.15) is 6.92 Å². The lowest BCUT2D eigenvalue weighted by Crippen LogP contribution is -2.64. The summed E-state index contributed by atoms with van der Waals surface area (Å²) in [5.74, 6) is -0.207. The van der Waals surface area contributed by atoms with E-state index in [1.165, 1.54) is 0 Å². The maximum atomic E-state index is 12.5. The number of hydrogen-bond donors (Lipinski definition) is 3. The van der Waals surface area contributed by atoms with Gasteiger partial charge in [-0.3, -0.25) is 9.59 Å². The van der Waals surface area contributed by atoms with E-state index < -0.39 is 6.04 Å². The molecule has 0 spiro atoms. The summed E-state index contributed by atoms with van der Waals surface area (Å²) in [7, 11) is 1.57. The van der Waals surface area contributed by atoms with Crippen molar-refractivity contribution in [3.05, 3.63) is 0 Å². The molecular formula is C12H22N4O3. The molecule has 2 aliphatic heterocycles. The van der Waals surface area contributed by atoms with E-state index in [4.69, 9.17) is 4.74 Å². The Labute approximate surface area is 113 Å². The van der Waals surface area contributed by atoms with Crippen LogP contribution < -0.4 is 16.0 Å². The minimum atomic E-state index is -0.521. The number of carbonyl (C=O) groups excluding carboxylic acids is 2. The Kier molecular flexibility index (Phi) is 4.73. The van der Waals surface area contributed by atoms with Crippen LogP contribution in [0.25, 0.3) is 0 Å². The van der Waals surface area contributed by atoms with Gasteiger partial charge in [-0.2, -0.15) is 0 Å². The van der Waals surface area contributed by atoms with Crippen LogP contribution >= 0.6 is 0 Å². The quantitative estimate of drug-likeness (QED) is 0.536. The number of carbonyl (C=O) groups is 2. The number of hydrogen-bond acceptors (Lipinski definition) is 5. The summed E-state index contributed by atoms with van der Waals surface area (Å²) in [6.45, 7) is 4.63. The molecule has 3 N–H and O–H groups in total. The molecule has 0 aliphatic carbocycles. The third kappa shape index (κ3) is 3.23. The number of ether oxygens (including phenoxy) is 1. The van der Waals surface area contributed by atoms with Crippen molar-refractivity contribution in [2.75, 3.05) is 39.9 Å². The number of piperazine rings is 1. The first kappa shape index (κ1) is 14.2. The Bertz CT molecular complexity index is 342. The molecule has 7 nitrogen and oxygen atoms in total. The number of nitrogens with one attached hydrogen (secondary N) is 3. The van der Waals surface area contributed by atoms with Crippen molar-refractivity contribution in [3.8, 4) is 0 Å². The zero-order valence-electron chi connectivity index (χ0n) is 11.4. The van der Waals surface area contributed by atoms with Crippen LogP contribution in [0.4, 0.5) is 0 Å². The summed E-state index contributed by atoms with van der Waals surface area (Å²) < 4.78 is 5.30. The molecule has 0 aromatic carbocycles. The summed E-state index contributed by atoms with van der Waals surface area (Å²) in [6.07, 6.45) is 0. The minimum Gasteiger partial charge on any atom is -0.377 e. The molecule has 2 aliphatic rings. The van der Waals surface area contributed by atoms with Gasteiger partial charge in [0, 0.05) is 32.7 Å². The molecule has 2 fully saturated rings. The summed E-state index contributed by atoms with van der Waals surface area (Å²) in [6, 6.07) is -0.419. The molecule has 7 heteroatoms. The van der Waals surface area contributed by atoms with Crippen molar-refractivity contribution in [2.45, 2.75) is 25.0 Å². The van der Waals surface area contributed by atoms with Crippen LogP contribution in [-0.2, 0) is 14.3 Å². The van der Waals surface area contributed by atoms with Crippen molar-refractivity contribution in [1.82, 2.24) is 20.9 Å². The molecule has 2 rings (SSSR count). The van der Waals surface area contributed by atoms with Crippen LogP contribution in [0, 0.1) is 0 Å². The van der Waals surface area contributed by atoms with Crippen molar-refractivity contribution < 1.29 is 14.3 Å². The summed E-state index contributed by atoms with van der Waals surface area (Å²) in [4.78, 5) is 25.9. The molecule has 2 heterocycles. The fraction of sp³-hybridized carbons (Fsp3) is 0.833. The molecule has 0 saturated carbocycles. The molecule has 3 atom stereocenters. The first-order valence-corrected chi connectivity index (χ1v) is 6.70. The monoisotopic (exact) mass is 270 g/mol. The van der Waals surface area contributed by atoms with Crippen molar-refractivity contribution >= 4 is 11.8 Å². The van der Waals surface area contributed by atoms with Gasteiger partial charge in [-0.1, -0.05) is 0 Å². The minimum absolute atomic E-state index is 0.0312. The first-order valence-electron chi connectivity index (χ1n) is 6.70. The lowest BCUT2D eigenvalue weighted by molar-refractivity contribution is -0.150. The Morgan fingerprint density at radius 1 is 1.32 bits per heavy atom. The third-order valence-corrected chi connectivity index (χ3v) is 3.60. The Balaban J connectivity index is 2.01. The SMILES string of the molecule is CNC(=O)C1COCCN1C(=O)C1CNC(C)CN1. The largest absolute Gasteiger partial charge is 0.377 e. The molecule has 3 unspecified atom stereocenters. The smallest absolute Gasteiger partial charge is 0.244 e. The maximum Gasteiger partial charge on any atom is 0.244 e. The van der Waals surface area contributed by atoms with Gasteiger partial charge in [-0.05, 0) is 6.92 Å². The maximum absolute atomic E-state index is 12.5. The summed E-state index contributed by atoms with van der Waals surface area (Å²) >= 11 is 0. The molecule has 0 radical (unpaired) electrons. The van der Waals surface area contributed by atoms with E-state index >= 15 is 0 Å². The van der Waals surface area contributed by atoms with Gasteiger partial charge in [-0.15, -0.1) is 0 Å². The van der Waals surface area contributed by atoms with E-state index in [-0.39, 0.29) is 24.5 Å². The molecule has 0 bridgehead atoms. The van der Waals surface area contributed by atoms with E-state index in [9.17, 15) is 9.59 Å². The summed E-state index contributed by atoms with van der Waals surface area (Å²) in [5.41, 5.74) is 0. The van der Waals surface area contributed by atoms with Crippen LogP contribution in [-0.4, -0.2) is 74.7 Å². The first-order chi connectivity index (χ1) is 9.13. The topological polar surface area (TPSA) is 82.7 Å². The number of likely N-dealkylation sites (N-methyl/N-ethyl adjacent to an activating group) is 1. The van der Waals surface area contributed by atoms with Gasteiger partial charge in [0.1, 0.15) is 6.04 Å². The van der Waals surface area contributed by atoms with E-state index in [1.807, 2.05) is 0 Å². The van der Waals surface area contributed by atoms with Crippen LogP contribution in [0.3, 0.4) is 0 Å². The van der Waals surface area contributed by atoms with E-state index in [0.29, 0.717) is 25.7 Å². The average molecular weight is 270 g/mol. The van der Waals surface area contributed by atoms with Crippen molar-refractivity contribution in [1.29, 1.82) is 0 Å². The lowest BCUT2D eigenvalue weighted by atomic mass is 10.1. The second-order valence-corrected chi connectivity index (χ2v) is 5.01. The number of nitrogens with zero attached hydrogens (tertiary/aromatic N) is 1. The van der Waals surface area contributed by atoms with Crippen LogP contribution in [0.2, 0.25) is 0 Å². The Hall–Kier alpha value is -1.18.